The van der Waals surface area contributed by atoms with E-state index in [2.05, 4.69) is 10.3 Å². The SMILES string of the molecule is CC(C)CC1C(=O)NCCCN1C(=O)c1cc(=O)c2ccccc2[nH]1. The summed E-state index contributed by atoms with van der Waals surface area (Å²) < 4.78 is 0. The first-order valence-corrected chi connectivity index (χ1v) is 8.68. The van der Waals surface area contributed by atoms with Crippen molar-refractivity contribution in [2.45, 2.75) is 32.7 Å². The Morgan fingerprint density at radius 2 is 2.04 bits per heavy atom. The Morgan fingerprint density at radius 3 is 2.80 bits per heavy atom. The number of rotatable bonds is 3. The predicted octanol–water partition coefficient (Wildman–Crippen LogP) is 1.90. The summed E-state index contributed by atoms with van der Waals surface area (Å²) in [5.41, 5.74) is 0.655. The summed E-state index contributed by atoms with van der Waals surface area (Å²) >= 11 is 0. The molecular weight excluding hydrogens is 318 g/mol. The highest BCUT2D eigenvalue weighted by molar-refractivity contribution is 5.98. The van der Waals surface area contributed by atoms with E-state index in [1.807, 2.05) is 19.9 Å². The number of para-hydroxylation sites is 1. The summed E-state index contributed by atoms with van der Waals surface area (Å²) in [6, 6.07) is 7.92. The molecule has 0 radical (unpaired) electrons. The van der Waals surface area contributed by atoms with Crippen LogP contribution in [0.3, 0.4) is 0 Å². The molecule has 1 unspecified atom stereocenters. The van der Waals surface area contributed by atoms with Gasteiger partial charge in [0.25, 0.3) is 5.91 Å². The molecule has 132 valence electrons. The quantitative estimate of drug-likeness (QED) is 0.894. The van der Waals surface area contributed by atoms with Crippen molar-refractivity contribution in [1.29, 1.82) is 0 Å². The highest BCUT2D eigenvalue weighted by Gasteiger charge is 2.33. The predicted molar refractivity (Wildman–Crippen MR) is 96.5 cm³/mol. The van der Waals surface area contributed by atoms with Crippen LogP contribution in [0.25, 0.3) is 10.9 Å². The van der Waals surface area contributed by atoms with Crippen molar-refractivity contribution in [3.05, 3.63) is 46.2 Å². The third-order valence-corrected chi connectivity index (χ3v) is 4.48. The average Bonchev–Trinajstić information content (AvgIpc) is 2.76. The summed E-state index contributed by atoms with van der Waals surface area (Å²) in [5, 5.41) is 3.42. The molecule has 0 aliphatic carbocycles. The van der Waals surface area contributed by atoms with Gasteiger partial charge < -0.3 is 15.2 Å². The zero-order valence-corrected chi connectivity index (χ0v) is 14.5. The Labute approximate surface area is 146 Å². The number of nitrogens with zero attached hydrogens (tertiary/aromatic N) is 1. The summed E-state index contributed by atoms with van der Waals surface area (Å²) in [5.74, 6) is -0.145. The van der Waals surface area contributed by atoms with E-state index in [-0.39, 0.29) is 28.9 Å². The zero-order chi connectivity index (χ0) is 18.0. The van der Waals surface area contributed by atoms with Gasteiger partial charge in [0, 0.05) is 30.1 Å². The van der Waals surface area contributed by atoms with Crippen LogP contribution in [0, 0.1) is 5.92 Å². The lowest BCUT2D eigenvalue weighted by Crippen LogP contribution is -2.48. The topological polar surface area (TPSA) is 82.3 Å². The zero-order valence-electron chi connectivity index (χ0n) is 14.5. The van der Waals surface area contributed by atoms with Gasteiger partial charge in [-0.25, -0.2) is 0 Å². The molecule has 2 aromatic rings. The van der Waals surface area contributed by atoms with Crippen LogP contribution in [0.5, 0.6) is 0 Å². The second-order valence-electron chi connectivity index (χ2n) is 6.88. The van der Waals surface area contributed by atoms with Crippen LogP contribution in [0.15, 0.2) is 35.1 Å². The number of fused-ring (bicyclic) bond motifs is 1. The average molecular weight is 341 g/mol. The molecule has 0 saturated carbocycles. The molecule has 0 bridgehead atoms. The van der Waals surface area contributed by atoms with Gasteiger partial charge in [0.1, 0.15) is 11.7 Å². The van der Waals surface area contributed by atoms with Crippen molar-refractivity contribution in [3.8, 4) is 0 Å². The number of H-pyrrole nitrogens is 1. The van der Waals surface area contributed by atoms with Crippen LogP contribution in [-0.2, 0) is 4.79 Å². The lowest BCUT2D eigenvalue weighted by atomic mass is 10.0. The minimum absolute atomic E-state index is 0.123. The normalized spacial score (nSPS) is 18.3. The summed E-state index contributed by atoms with van der Waals surface area (Å²) in [4.78, 5) is 42.4. The van der Waals surface area contributed by atoms with Crippen molar-refractivity contribution in [2.24, 2.45) is 5.92 Å². The number of hydrogen-bond acceptors (Lipinski definition) is 3. The van der Waals surface area contributed by atoms with Crippen LogP contribution in [0.2, 0.25) is 0 Å². The van der Waals surface area contributed by atoms with Crippen molar-refractivity contribution in [3.63, 3.8) is 0 Å². The smallest absolute Gasteiger partial charge is 0.271 e. The third-order valence-electron chi connectivity index (χ3n) is 4.48. The fourth-order valence-electron chi connectivity index (χ4n) is 3.27. The first kappa shape index (κ1) is 17.2. The van der Waals surface area contributed by atoms with Crippen LogP contribution >= 0.6 is 0 Å². The molecule has 6 heteroatoms. The van der Waals surface area contributed by atoms with E-state index in [0.717, 1.165) is 0 Å². The molecule has 1 saturated heterocycles. The Bertz CT molecular complexity index is 856. The Morgan fingerprint density at radius 1 is 1.28 bits per heavy atom. The standard InChI is InChI=1S/C19H23N3O3/c1-12(2)10-16-18(24)20-8-5-9-22(16)19(25)15-11-17(23)13-6-3-4-7-14(13)21-15/h3-4,6-7,11-12,16H,5,8-10H2,1-2H3,(H,20,24)(H,21,23). The van der Waals surface area contributed by atoms with Gasteiger partial charge in [-0.15, -0.1) is 0 Å². The Hall–Kier alpha value is -2.63. The number of aromatic nitrogens is 1. The lowest BCUT2D eigenvalue weighted by Gasteiger charge is -2.29. The maximum Gasteiger partial charge on any atom is 0.271 e. The molecule has 2 heterocycles. The van der Waals surface area contributed by atoms with Gasteiger partial charge in [0.05, 0.1) is 0 Å². The van der Waals surface area contributed by atoms with E-state index >= 15 is 0 Å². The van der Waals surface area contributed by atoms with Crippen molar-refractivity contribution >= 4 is 22.7 Å². The van der Waals surface area contributed by atoms with E-state index in [9.17, 15) is 14.4 Å². The van der Waals surface area contributed by atoms with Gasteiger partial charge in [-0.3, -0.25) is 14.4 Å². The third kappa shape index (κ3) is 3.57. The molecule has 6 nitrogen and oxygen atoms in total. The summed E-state index contributed by atoms with van der Waals surface area (Å²) in [7, 11) is 0. The number of pyridine rings is 1. The van der Waals surface area contributed by atoms with Crippen molar-refractivity contribution < 1.29 is 9.59 Å². The van der Waals surface area contributed by atoms with Crippen LogP contribution in [0.4, 0.5) is 0 Å². The molecule has 1 aliphatic heterocycles. The monoisotopic (exact) mass is 341 g/mol. The molecule has 1 atom stereocenters. The molecule has 0 spiro atoms. The maximum atomic E-state index is 13.1. The van der Waals surface area contributed by atoms with Crippen molar-refractivity contribution in [2.75, 3.05) is 13.1 Å². The molecule has 2 amide bonds. The van der Waals surface area contributed by atoms with Crippen LogP contribution < -0.4 is 10.7 Å². The van der Waals surface area contributed by atoms with Crippen LogP contribution in [0.1, 0.15) is 37.2 Å². The van der Waals surface area contributed by atoms with Crippen LogP contribution in [-0.4, -0.2) is 40.8 Å². The molecule has 1 fully saturated rings. The number of hydrogen-bond donors (Lipinski definition) is 2. The van der Waals surface area contributed by atoms with Gasteiger partial charge in [0.15, 0.2) is 5.43 Å². The van der Waals surface area contributed by atoms with Gasteiger partial charge in [0.2, 0.25) is 5.91 Å². The van der Waals surface area contributed by atoms with E-state index in [1.165, 1.54) is 6.07 Å². The molecule has 3 rings (SSSR count). The lowest BCUT2D eigenvalue weighted by molar-refractivity contribution is -0.125. The second kappa shape index (κ2) is 7.09. The number of nitrogens with one attached hydrogen (secondary N) is 2. The summed E-state index contributed by atoms with van der Waals surface area (Å²) in [6.45, 7) is 5.10. The molecule has 1 aromatic carbocycles. The first-order chi connectivity index (χ1) is 12.0. The fourth-order valence-corrected chi connectivity index (χ4v) is 3.27. The maximum absolute atomic E-state index is 13.1. The van der Waals surface area contributed by atoms with E-state index < -0.39 is 6.04 Å². The largest absolute Gasteiger partial charge is 0.354 e. The highest BCUT2D eigenvalue weighted by atomic mass is 16.2. The minimum Gasteiger partial charge on any atom is -0.354 e. The minimum atomic E-state index is -0.509. The number of carbonyl (C=O) groups excluding carboxylic acids is 2. The number of amides is 2. The van der Waals surface area contributed by atoms with E-state index in [1.54, 1.807) is 23.1 Å². The molecule has 1 aliphatic rings. The van der Waals surface area contributed by atoms with Gasteiger partial charge in [-0.1, -0.05) is 26.0 Å². The summed E-state index contributed by atoms with van der Waals surface area (Å²) in [6.07, 6.45) is 1.29. The number of carbonyl (C=O) groups is 2. The Balaban J connectivity index is 1.99. The van der Waals surface area contributed by atoms with Gasteiger partial charge in [-0.2, -0.15) is 0 Å². The number of benzene rings is 1. The van der Waals surface area contributed by atoms with Crippen molar-refractivity contribution in [1.82, 2.24) is 15.2 Å². The van der Waals surface area contributed by atoms with Gasteiger partial charge >= 0.3 is 0 Å². The number of aromatic amines is 1. The molecular formula is C19H23N3O3. The Kier molecular flexibility index (Phi) is 4.88. The fraction of sp³-hybridized carbons (Fsp3) is 0.421. The van der Waals surface area contributed by atoms with Gasteiger partial charge in [-0.05, 0) is 30.9 Å². The van der Waals surface area contributed by atoms with E-state index in [4.69, 9.17) is 0 Å². The first-order valence-electron chi connectivity index (χ1n) is 8.68. The van der Waals surface area contributed by atoms with E-state index in [0.29, 0.717) is 36.8 Å². The molecule has 25 heavy (non-hydrogen) atoms. The molecule has 1 aromatic heterocycles. The highest BCUT2D eigenvalue weighted by Crippen LogP contribution is 2.18. The molecule has 2 N–H and O–H groups in total. The second-order valence-corrected chi connectivity index (χ2v) is 6.88.